The van der Waals surface area contributed by atoms with Gasteiger partial charge in [-0.2, -0.15) is 4.31 Å². The number of hydrogen-bond donors (Lipinski definition) is 0. The first kappa shape index (κ1) is 18.9. The third-order valence-corrected chi connectivity index (χ3v) is 7.65. The van der Waals surface area contributed by atoms with Crippen molar-refractivity contribution in [2.45, 2.75) is 24.2 Å². The summed E-state index contributed by atoms with van der Waals surface area (Å²) >= 11 is 0. The van der Waals surface area contributed by atoms with Gasteiger partial charge in [0, 0.05) is 36.3 Å². The lowest BCUT2D eigenvalue weighted by atomic mass is 10.1. The van der Waals surface area contributed by atoms with E-state index >= 15 is 0 Å². The number of nitrogens with zero attached hydrogens (tertiary/aromatic N) is 3. The number of carbonyl (C=O) groups is 2. The fraction of sp³-hybridized carbons (Fsp3) is 0.227. The Hall–Kier alpha value is -3.10. The maximum absolute atomic E-state index is 13.3. The molecule has 8 heteroatoms. The molecule has 2 amide bonds. The van der Waals surface area contributed by atoms with E-state index in [0.29, 0.717) is 35.1 Å². The smallest absolute Gasteiger partial charge is 0.266 e. The second-order valence-electron chi connectivity index (χ2n) is 7.46. The van der Waals surface area contributed by atoms with Gasteiger partial charge in [0.1, 0.15) is 0 Å². The van der Waals surface area contributed by atoms with Crippen molar-refractivity contribution in [3.8, 4) is 0 Å². The highest BCUT2D eigenvalue weighted by atomic mass is 32.2. The van der Waals surface area contributed by atoms with E-state index in [4.69, 9.17) is 0 Å². The number of anilines is 1. The largest absolute Gasteiger partial charge is 0.268 e. The van der Waals surface area contributed by atoms with Crippen molar-refractivity contribution in [2.24, 2.45) is 0 Å². The number of pyridine rings is 1. The Kier molecular flexibility index (Phi) is 4.41. The molecule has 152 valence electrons. The number of aromatic nitrogens is 1. The minimum absolute atomic E-state index is 0.175. The number of benzene rings is 2. The summed E-state index contributed by atoms with van der Waals surface area (Å²) in [6, 6.07) is 11.3. The molecule has 0 unspecified atom stereocenters. The zero-order valence-corrected chi connectivity index (χ0v) is 16.9. The van der Waals surface area contributed by atoms with Crippen molar-refractivity contribution in [1.29, 1.82) is 0 Å². The first-order valence-corrected chi connectivity index (χ1v) is 11.3. The Morgan fingerprint density at radius 1 is 0.967 bits per heavy atom. The number of rotatable bonds is 3. The predicted molar refractivity (Wildman–Crippen MR) is 112 cm³/mol. The minimum Gasteiger partial charge on any atom is -0.268 e. The van der Waals surface area contributed by atoms with Crippen molar-refractivity contribution in [3.63, 3.8) is 0 Å². The fourth-order valence-corrected chi connectivity index (χ4v) is 5.95. The molecular formula is C22H19N3O4S. The van der Waals surface area contributed by atoms with Crippen molar-refractivity contribution in [3.05, 3.63) is 66.0 Å². The topological polar surface area (TPSA) is 87.6 Å². The van der Waals surface area contributed by atoms with Gasteiger partial charge in [-0.25, -0.2) is 13.3 Å². The van der Waals surface area contributed by atoms with Crippen molar-refractivity contribution < 1.29 is 18.0 Å². The normalized spacial score (nSPS) is 16.9. The van der Waals surface area contributed by atoms with Crippen LogP contribution in [0.2, 0.25) is 0 Å². The van der Waals surface area contributed by atoms with E-state index in [0.717, 1.165) is 24.2 Å². The highest BCUT2D eigenvalue weighted by Crippen LogP contribution is 2.41. The third kappa shape index (κ3) is 2.75. The SMILES string of the molecule is O=C(c1cccnc1)N1C(=O)c2cccc3c(S(=O)(=O)N4CCCCC4)ccc1c23. The van der Waals surface area contributed by atoms with Crippen LogP contribution in [0, 0.1) is 0 Å². The molecule has 1 saturated heterocycles. The molecule has 1 fully saturated rings. The van der Waals surface area contributed by atoms with E-state index in [1.54, 1.807) is 42.6 Å². The van der Waals surface area contributed by atoms with Gasteiger partial charge in [-0.15, -0.1) is 0 Å². The summed E-state index contributed by atoms with van der Waals surface area (Å²) in [6.45, 7) is 0.992. The average molecular weight is 421 g/mol. The predicted octanol–water partition coefficient (Wildman–Crippen LogP) is 3.21. The maximum Gasteiger partial charge on any atom is 0.266 e. The van der Waals surface area contributed by atoms with Crippen LogP contribution in [0.5, 0.6) is 0 Å². The summed E-state index contributed by atoms with van der Waals surface area (Å²) < 4.78 is 28.1. The molecule has 0 spiro atoms. The molecule has 0 atom stereocenters. The standard InChI is InChI=1S/C22H19N3O4S/c26-21(15-6-5-11-23-14-15)25-18-9-10-19(30(28,29)24-12-2-1-3-13-24)16-7-4-8-17(20(16)18)22(25)27/h4-11,14H,1-3,12-13H2. The molecule has 1 aromatic heterocycles. The van der Waals surface area contributed by atoms with Crippen molar-refractivity contribution in [1.82, 2.24) is 9.29 Å². The summed E-state index contributed by atoms with van der Waals surface area (Å²) in [4.78, 5) is 31.3. The lowest BCUT2D eigenvalue weighted by Gasteiger charge is -2.26. The first-order chi connectivity index (χ1) is 14.5. The second kappa shape index (κ2) is 7.00. The van der Waals surface area contributed by atoms with Crippen LogP contribution in [0.4, 0.5) is 5.69 Å². The van der Waals surface area contributed by atoms with Crippen LogP contribution < -0.4 is 4.90 Å². The zero-order chi connectivity index (χ0) is 20.9. The Morgan fingerprint density at radius 2 is 1.77 bits per heavy atom. The molecule has 0 saturated carbocycles. The number of piperidine rings is 1. The summed E-state index contributed by atoms with van der Waals surface area (Å²) in [7, 11) is -3.69. The number of hydrogen-bond acceptors (Lipinski definition) is 5. The van der Waals surface area contributed by atoms with E-state index in [1.807, 2.05) is 0 Å². The Morgan fingerprint density at radius 3 is 2.50 bits per heavy atom. The van der Waals surface area contributed by atoms with Gasteiger partial charge < -0.3 is 0 Å². The molecular weight excluding hydrogens is 402 g/mol. The highest BCUT2D eigenvalue weighted by molar-refractivity contribution is 7.89. The molecule has 5 rings (SSSR count). The number of carbonyl (C=O) groups excluding carboxylic acids is 2. The van der Waals surface area contributed by atoms with Gasteiger partial charge in [0.05, 0.1) is 21.7 Å². The van der Waals surface area contributed by atoms with E-state index in [9.17, 15) is 18.0 Å². The molecule has 2 aliphatic rings. The van der Waals surface area contributed by atoms with Crippen LogP contribution in [-0.4, -0.2) is 42.6 Å². The highest BCUT2D eigenvalue weighted by Gasteiger charge is 2.37. The van der Waals surface area contributed by atoms with Crippen LogP contribution in [0.25, 0.3) is 10.8 Å². The van der Waals surface area contributed by atoms with Gasteiger partial charge in [-0.3, -0.25) is 14.6 Å². The monoisotopic (exact) mass is 421 g/mol. The molecule has 0 bridgehead atoms. The van der Waals surface area contributed by atoms with E-state index in [1.165, 1.54) is 16.6 Å². The van der Waals surface area contributed by atoms with Gasteiger partial charge in [0.15, 0.2) is 0 Å². The summed E-state index contributed by atoms with van der Waals surface area (Å²) in [5.41, 5.74) is 1.02. The molecule has 7 nitrogen and oxygen atoms in total. The summed E-state index contributed by atoms with van der Waals surface area (Å²) in [5.74, 6) is -0.950. The van der Waals surface area contributed by atoms with Crippen LogP contribution in [0.15, 0.2) is 59.8 Å². The summed E-state index contributed by atoms with van der Waals surface area (Å²) in [6.07, 6.45) is 5.66. The van der Waals surface area contributed by atoms with Gasteiger partial charge in [-0.1, -0.05) is 18.6 Å². The molecule has 2 aromatic carbocycles. The van der Waals surface area contributed by atoms with Crippen LogP contribution in [0.3, 0.4) is 0 Å². The Labute approximate surface area is 174 Å². The Bertz CT molecular complexity index is 1280. The van der Waals surface area contributed by atoms with Gasteiger partial charge in [0.2, 0.25) is 10.0 Å². The van der Waals surface area contributed by atoms with Crippen LogP contribution in [0.1, 0.15) is 40.0 Å². The van der Waals surface area contributed by atoms with E-state index < -0.39 is 21.8 Å². The maximum atomic E-state index is 13.3. The quantitative estimate of drug-likeness (QED) is 0.606. The number of sulfonamides is 1. The molecule has 30 heavy (non-hydrogen) atoms. The molecule has 2 aliphatic heterocycles. The first-order valence-electron chi connectivity index (χ1n) is 9.85. The second-order valence-corrected chi connectivity index (χ2v) is 9.37. The van der Waals surface area contributed by atoms with Gasteiger partial charge in [-0.05, 0) is 43.2 Å². The Balaban J connectivity index is 1.66. The van der Waals surface area contributed by atoms with E-state index in [2.05, 4.69) is 4.98 Å². The van der Waals surface area contributed by atoms with Crippen molar-refractivity contribution >= 4 is 38.3 Å². The minimum atomic E-state index is -3.69. The van der Waals surface area contributed by atoms with Crippen LogP contribution >= 0.6 is 0 Å². The lowest BCUT2D eigenvalue weighted by Crippen LogP contribution is -2.35. The molecule has 0 radical (unpaired) electrons. The fourth-order valence-electron chi connectivity index (χ4n) is 4.25. The molecule has 0 aliphatic carbocycles. The lowest BCUT2D eigenvalue weighted by molar-refractivity contribution is 0.0903. The van der Waals surface area contributed by atoms with Gasteiger partial charge >= 0.3 is 0 Å². The molecule has 3 aromatic rings. The van der Waals surface area contributed by atoms with Crippen molar-refractivity contribution in [2.75, 3.05) is 18.0 Å². The number of imide groups is 1. The third-order valence-electron chi connectivity index (χ3n) is 5.70. The molecule has 0 N–H and O–H groups in total. The van der Waals surface area contributed by atoms with Gasteiger partial charge in [0.25, 0.3) is 11.8 Å². The van der Waals surface area contributed by atoms with Crippen LogP contribution in [-0.2, 0) is 10.0 Å². The average Bonchev–Trinajstić information content (AvgIpc) is 3.08. The molecule has 3 heterocycles. The van der Waals surface area contributed by atoms with E-state index in [-0.39, 0.29) is 10.5 Å². The zero-order valence-electron chi connectivity index (χ0n) is 16.1. The number of amides is 2. The summed E-state index contributed by atoms with van der Waals surface area (Å²) in [5, 5.41) is 0.961.